The molecule has 4 nitrogen and oxygen atoms in total. The van der Waals surface area contributed by atoms with Gasteiger partial charge in [-0.2, -0.15) is 26.3 Å². The molecule has 3 rings (SSSR count). The zero-order valence-electron chi connectivity index (χ0n) is 16.0. The standard InChI is InChI=1S/C21H15F6N3O/c1-30(12-13-7-16(20(22,23)24)9-17(8-13)21(25,26)27)19(31)15-10-28-18(29-11-15)14-5-3-2-4-6-14/h2-11H,12H2,1H3. The van der Waals surface area contributed by atoms with Crippen molar-refractivity contribution in [1.29, 1.82) is 0 Å². The SMILES string of the molecule is CN(Cc1cc(C(F)(F)F)cc(C(F)(F)F)c1)C(=O)c1cnc(-c2ccccc2)nc1. The van der Waals surface area contributed by atoms with E-state index in [2.05, 4.69) is 9.97 Å². The van der Waals surface area contributed by atoms with Gasteiger partial charge in [0.2, 0.25) is 0 Å². The summed E-state index contributed by atoms with van der Waals surface area (Å²) in [6.07, 6.45) is -7.41. The van der Waals surface area contributed by atoms with Crippen molar-refractivity contribution in [3.63, 3.8) is 0 Å². The van der Waals surface area contributed by atoms with Crippen LogP contribution in [0.4, 0.5) is 26.3 Å². The lowest BCUT2D eigenvalue weighted by atomic mass is 10.0. The molecule has 3 aromatic rings. The summed E-state index contributed by atoms with van der Waals surface area (Å²) < 4.78 is 78.1. The molecule has 0 atom stereocenters. The van der Waals surface area contributed by atoms with Gasteiger partial charge in [0.15, 0.2) is 5.82 Å². The lowest BCUT2D eigenvalue weighted by Crippen LogP contribution is -2.27. The van der Waals surface area contributed by atoms with Gasteiger partial charge in [0.1, 0.15) is 0 Å². The normalized spacial score (nSPS) is 12.0. The smallest absolute Gasteiger partial charge is 0.337 e. The zero-order chi connectivity index (χ0) is 22.8. The molecule has 1 amide bonds. The summed E-state index contributed by atoms with van der Waals surface area (Å²) in [4.78, 5) is 21.8. The van der Waals surface area contributed by atoms with E-state index in [1.54, 1.807) is 24.3 Å². The number of carbonyl (C=O) groups excluding carboxylic acids is 1. The van der Waals surface area contributed by atoms with Crippen molar-refractivity contribution in [2.45, 2.75) is 18.9 Å². The quantitative estimate of drug-likeness (QED) is 0.508. The fourth-order valence-corrected chi connectivity index (χ4v) is 2.85. The molecule has 1 heterocycles. The minimum Gasteiger partial charge on any atom is -0.337 e. The molecule has 0 saturated carbocycles. The van der Waals surface area contributed by atoms with E-state index in [1.807, 2.05) is 6.07 Å². The number of amides is 1. The van der Waals surface area contributed by atoms with Crippen LogP contribution in [0.15, 0.2) is 60.9 Å². The molecule has 0 radical (unpaired) electrons. The summed E-state index contributed by atoms with van der Waals surface area (Å²) in [6, 6.07) is 10.2. The van der Waals surface area contributed by atoms with Crippen LogP contribution in [-0.4, -0.2) is 27.8 Å². The van der Waals surface area contributed by atoms with E-state index < -0.39 is 35.9 Å². The Morgan fingerprint density at radius 1 is 0.871 bits per heavy atom. The largest absolute Gasteiger partial charge is 0.416 e. The molecule has 0 unspecified atom stereocenters. The Hall–Kier alpha value is -3.43. The maximum absolute atomic E-state index is 13.0. The number of rotatable bonds is 4. The van der Waals surface area contributed by atoms with Gasteiger partial charge in [-0.1, -0.05) is 30.3 Å². The Morgan fingerprint density at radius 2 is 1.39 bits per heavy atom. The fourth-order valence-electron chi connectivity index (χ4n) is 2.85. The highest BCUT2D eigenvalue weighted by Gasteiger charge is 2.37. The second-order valence-corrected chi connectivity index (χ2v) is 6.74. The van der Waals surface area contributed by atoms with Gasteiger partial charge in [0, 0.05) is 31.5 Å². The predicted molar refractivity (Wildman–Crippen MR) is 99.7 cm³/mol. The Labute approximate surface area is 173 Å². The van der Waals surface area contributed by atoms with Gasteiger partial charge >= 0.3 is 12.4 Å². The highest BCUT2D eigenvalue weighted by atomic mass is 19.4. The number of hydrogen-bond acceptors (Lipinski definition) is 3. The first-order chi connectivity index (χ1) is 14.4. The van der Waals surface area contributed by atoms with Gasteiger partial charge in [-0.15, -0.1) is 0 Å². The number of nitrogens with zero attached hydrogens (tertiary/aromatic N) is 3. The molecule has 0 aliphatic carbocycles. The van der Waals surface area contributed by atoms with Gasteiger partial charge < -0.3 is 4.90 Å². The third kappa shape index (κ3) is 5.39. The molecule has 0 bridgehead atoms. The van der Waals surface area contributed by atoms with Crippen molar-refractivity contribution in [1.82, 2.24) is 14.9 Å². The van der Waals surface area contributed by atoms with Crippen LogP contribution in [0.3, 0.4) is 0 Å². The second-order valence-electron chi connectivity index (χ2n) is 6.74. The van der Waals surface area contributed by atoms with E-state index in [-0.39, 0.29) is 17.2 Å². The summed E-state index contributed by atoms with van der Waals surface area (Å²) in [6.45, 7) is -0.466. The number of alkyl halides is 6. The van der Waals surface area contributed by atoms with Crippen LogP contribution in [0.1, 0.15) is 27.0 Å². The Kier molecular flexibility index (Phi) is 6.01. The molecule has 0 saturated heterocycles. The summed E-state index contributed by atoms with van der Waals surface area (Å²) >= 11 is 0. The number of aromatic nitrogens is 2. The molecule has 0 aliphatic rings. The first-order valence-electron chi connectivity index (χ1n) is 8.86. The van der Waals surface area contributed by atoms with Crippen molar-refractivity contribution >= 4 is 5.91 Å². The molecule has 0 aliphatic heterocycles. The Balaban J connectivity index is 1.82. The zero-order valence-corrected chi connectivity index (χ0v) is 16.0. The molecule has 10 heteroatoms. The average molecular weight is 439 g/mol. The highest BCUT2D eigenvalue weighted by molar-refractivity contribution is 5.93. The van der Waals surface area contributed by atoms with Crippen LogP contribution in [0.5, 0.6) is 0 Å². The monoisotopic (exact) mass is 439 g/mol. The van der Waals surface area contributed by atoms with E-state index in [4.69, 9.17) is 0 Å². The molecule has 2 aromatic carbocycles. The van der Waals surface area contributed by atoms with E-state index in [9.17, 15) is 31.1 Å². The highest BCUT2D eigenvalue weighted by Crippen LogP contribution is 2.36. The Morgan fingerprint density at radius 3 is 1.87 bits per heavy atom. The number of hydrogen-bond donors (Lipinski definition) is 0. The van der Waals surface area contributed by atoms with Crippen molar-refractivity contribution < 1.29 is 31.1 Å². The van der Waals surface area contributed by atoms with Crippen LogP contribution >= 0.6 is 0 Å². The second kappa shape index (κ2) is 8.37. The summed E-state index contributed by atoms with van der Waals surface area (Å²) in [7, 11) is 1.26. The first kappa shape index (κ1) is 22.3. The average Bonchev–Trinajstić information content (AvgIpc) is 2.72. The Bertz CT molecular complexity index is 1030. The summed E-state index contributed by atoms with van der Waals surface area (Å²) in [5.74, 6) is -0.280. The maximum atomic E-state index is 13.0. The van der Waals surface area contributed by atoms with E-state index in [0.29, 0.717) is 18.0 Å². The number of benzene rings is 2. The van der Waals surface area contributed by atoms with Crippen LogP contribution in [0.2, 0.25) is 0 Å². The van der Waals surface area contributed by atoms with Gasteiger partial charge in [-0.05, 0) is 23.8 Å². The molecule has 1 aromatic heterocycles. The molecule has 0 fully saturated rings. The fraction of sp³-hybridized carbons (Fsp3) is 0.190. The van der Waals surface area contributed by atoms with Gasteiger partial charge in [-0.25, -0.2) is 9.97 Å². The van der Waals surface area contributed by atoms with E-state index in [0.717, 1.165) is 10.5 Å². The number of halogens is 6. The summed E-state index contributed by atoms with van der Waals surface area (Å²) in [5.41, 5.74) is -2.41. The van der Waals surface area contributed by atoms with Crippen LogP contribution < -0.4 is 0 Å². The van der Waals surface area contributed by atoms with Crippen molar-refractivity contribution in [2.75, 3.05) is 7.05 Å². The van der Waals surface area contributed by atoms with Crippen molar-refractivity contribution in [3.8, 4) is 11.4 Å². The van der Waals surface area contributed by atoms with Gasteiger partial charge in [0.05, 0.1) is 16.7 Å². The lowest BCUT2D eigenvalue weighted by Gasteiger charge is -2.19. The van der Waals surface area contributed by atoms with Crippen molar-refractivity contribution in [2.24, 2.45) is 0 Å². The van der Waals surface area contributed by atoms with Gasteiger partial charge in [-0.3, -0.25) is 4.79 Å². The third-order valence-electron chi connectivity index (χ3n) is 4.34. The minimum atomic E-state index is -4.96. The molecule has 0 N–H and O–H groups in total. The maximum Gasteiger partial charge on any atom is 0.416 e. The van der Waals surface area contributed by atoms with E-state index >= 15 is 0 Å². The minimum absolute atomic E-state index is 0.0431. The molecule has 31 heavy (non-hydrogen) atoms. The van der Waals surface area contributed by atoms with Crippen LogP contribution in [0.25, 0.3) is 11.4 Å². The molecular weight excluding hydrogens is 424 g/mol. The number of carbonyl (C=O) groups is 1. The summed E-state index contributed by atoms with van der Waals surface area (Å²) in [5, 5.41) is 0. The predicted octanol–water partition coefficient (Wildman–Crippen LogP) is 5.45. The van der Waals surface area contributed by atoms with Gasteiger partial charge in [0.25, 0.3) is 5.91 Å². The molecule has 162 valence electrons. The lowest BCUT2D eigenvalue weighted by molar-refractivity contribution is -0.143. The van der Waals surface area contributed by atoms with E-state index in [1.165, 1.54) is 19.4 Å². The van der Waals surface area contributed by atoms with Crippen LogP contribution in [0, 0.1) is 0 Å². The molecular formula is C21H15F6N3O. The topological polar surface area (TPSA) is 46.1 Å². The third-order valence-corrected chi connectivity index (χ3v) is 4.34. The first-order valence-corrected chi connectivity index (χ1v) is 8.86. The van der Waals surface area contributed by atoms with Crippen molar-refractivity contribution in [3.05, 3.63) is 83.2 Å². The van der Waals surface area contributed by atoms with Crippen LogP contribution in [-0.2, 0) is 18.9 Å². The molecule has 0 spiro atoms.